The van der Waals surface area contributed by atoms with Gasteiger partial charge in [0.05, 0.1) is 17.4 Å². The Morgan fingerprint density at radius 1 is 1.09 bits per heavy atom. The molecule has 0 saturated heterocycles. The summed E-state index contributed by atoms with van der Waals surface area (Å²) in [7, 11) is 0. The second-order valence-corrected chi connectivity index (χ2v) is 5.80. The van der Waals surface area contributed by atoms with Crippen LogP contribution in [0, 0.1) is 0 Å². The summed E-state index contributed by atoms with van der Waals surface area (Å²) >= 11 is 0. The number of benzene rings is 1. The first-order valence-corrected chi connectivity index (χ1v) is 7.83. The molecule has 0 aliphatic heterocycles. The van der Waals surface area contributed by atoms with Crippen LogP contribution in [0.1, 0.15) is 25.7 Å². The van der Waals surface area contributed by atoms with Crippen molar-refractivity contribution in [2.45, 2.75) is 31.7 Å². The van der Waals surface area contributed by atoms with Gasteiger partial charge in [0.1, 0.15) is 5.78 Å². The van der Waals surface area contributed by atoms with E-state index in [9.17, 15) is 4.79 Å². The molecule has 0 unspecified atom stereocenters. The molecule has 1 aliphatic rings. The molecule has 0 amide bonds. The Balaban J connectivity index is 1.82. The smallest absolute Gasteiger partial charge is 0.230 e. The minimum Gasteiger partial charge on any atom is -0.307 e. The van der Waals surface area contributed by atoms with E-state index in [-0.39, 0.29) is 6.04 Å². The summed E-state index contributed by atoms with van der Waals surface area (Å²) in [5.41, 5.74) is 2.01. The van der Waals surface area contributed by atoms with E-state index in [1.165, 1.54) is 0 Å². The number of H-pyrrole nitrogens is 1. The fourth-order valence-corrected chi connectivity index (χ4v) is 3.23. The fourth-order valence-electron chi connectivity index (χ4n) is 3.23. The highest BCUT2D eigenvalue weighted by molar-refractivity contribution is 5.93. The lowest BCUT2D eigenvalue weighted by Gasteiger charge is -2.34. The number of aromatic nitrogens is 4. The maximum Gasteiger partial charge on any atom is 0.230 e. The van der Waals surface area contributed by atoms with E-state index in [0.717, 1.165) is 29.4 Å². The van der Waals surface area contributed by atoms with Crippen LogP contribution in [0.4, 0.5) is 11.6 Å². The van der Waals surface area contributed by atoms with Gasteiger partial charge in [-0.2, -0.15) is 5.10 Å². The van der Waals surface area contributed by atoms with E-state index < -0.39 is 0 Å². The van der Waals surface area contributed by atoms with Gasteiger partial charge in [0.25, 0.3) is 0 Å². The van der Waals surface area contributed by atoms with Crippen molar-refractivity contribution in [2.75, 3.05) is 4.90 Å². The third-order valence-corrected chi connectivity index (χ3v) is 4.37. The van der Waals surface area contributed by atoms with Crippen LogP contribution < -0.4 is 4.90 Å². The summed E-state index contributed by atoms with van der Waals surface area (Å²) in [6.45, 7) is 0. The zero-order valence-electron chi connectivity index (χ0n) is 12.6. The molecular weight excluding hydrogens is 290 g/mol. The molecule has 6 nitrogen and oxygen atoms in total. The summed E-state index contributed by atoms with van der Waals surface area (Å²) in [5, 5.41) is 8.19. The molecule has 4 rings (SSSR count). The van der Waals surface area contributed by atoms with E-state index in [4.69, 9.17) is 0 Å². The van der Waals surface area contributed by atoms with Crippen LogP contribution in [0.3, 0.4) is 0 Å². The van der Waals surface area contributed by atoms with E-state index in [0.29, 0.717) is 24.6 Å². The summed E-state index contributed by atoms with van der Waals surface area (Å²) < 4.78 is 0. The van der Waals surface area contributed by atoms with Gasteiger partial charge in [-0.1, -0.05) is 6.07 Å². The molecule has 2 heterocycles. The molecule has 1 fully saturated rings. The number of anilines is 2. The lowest BCUT2D eigenvalue weighted by Crippen LogP contribution is -2.36. The second-order valence-electron chi connectivity index (χ2n) is 5.80. The summed E-state index contributed by atoms with van der Waals surface area (Å²) in [6, 6.07) is 8.09. The second kappa shape index (κ2) is 5.79. The lowest BCUT2D eigenvalue weighted by atomic mass is 9.92. The quantitative estimate of drug-likeness (QED) is 0.805. The van der Waals surface area contributed by atoms with Crippen molar-refractivity contribution in [1.29, 1.82) is 0 Å². The first-order valence-electron chi connectivity index (χ1n) is 7.83. The third-order valence-electron chi connectivity index (χ3n) is 4.37. The Morgan fingerprint density at radius 3 is 2.65 bits per heavy atom. The Labute approximate surface area is 133 Å². The molecule has 1 aliphatic carbocycles. The van der Waals surface area contributed by atoms with Gasteiger partial charge >= 0.3 is 0 Å². The van der Waals surface area contributed by atoms with Crippen LogP contribution in [-0.2, 0) is 4.79 Å². The molecule has 0 spiro atoms. The van der Waals surface area contributed by atoms with Crippen LogP contribution in [0.15, 0.2) is 42.9 Å². The van der Waals surface area contributed by atoms with Crippen molar-refractivity contribution in [3.63, 3.8) is 0 Å². The van der Waals surface area contributed by atoms with Gasteiger partial charge in [0, 0.05) is 36.7 Å². The van der Waals surface area contributed by atoms with E-state index in [2.05, 4.69) is 31.1 Å². The number of Topliss-reactive ketones (excluding diaryl/α,β-unsaturated/α-hetero) is 1. The minimum absolute atomic E-state index is 0.218. The summed E-state index contributed by atoms with van der Waals surface area (Å²) in [5.74, 6) is 1.01. The molecule has 1 saturated carbocycles. The number of fused-ring (bicyclic) bond motifs is 1. The van der Waals surface area contributed by atoms with Crippen molar-refractivity contribution < 1.29 is 4.79 Å². The molecule has 3 aromatic rings. The highest BCUT2D eigenvalue weighted by Crippen LogP contribution is 2.35. The van der Waals surface area contributed by atoms with Gasteiger partial charge in [-0.15, -0.1) is 0 Å². The van der Waals surface area contributed by atoms with Crippen LogP contribution in [0.2, 0.25) is 0 Å². The van der Waals surface area contributed by atoms with Crippen LogP contribution in [0.25, 0.3) is 10.9 Å². The van der Waals surface area contributed by atoms with E-state index in [1.807, 2.05) is 24.4 Å². The molecule has 1 N–H and O–H groups in total. The van der Waals surface area contributed by atoms with Crippen molar-refractivity contribution in [3.05, 3.63) is 42.9 Å². The van der Waals surface area contributed by atoms with Crippen LogP contribution >= 0.6 is 0 Å². The number of hydrogen-bond donors (Lipinski definition) is 1. The molecule has 6 heteroatoms. The van der Waals surface area contributed by atoms with Crippen molar-refractivity contribution >= 4 is 28.3 Å². The zero-order valence-corrected chi connectivity index (χ0v) is 12.6. The number of nitrogens with one attached hydrogen (secondary N) is 1. The highest BCUT2D eigenvalue weighted by atomic mass is 16.1. The third kappa shape index (κ3) is 2.56. The average molecular weight is 307 g/mol. The molecule has 0 bridgehead atoms. The standard InChI is InChI=1S/C17H17N5O/c23-13-7-5-12(6-8-13)22(17-18-9-2-10-19-17)16-4-1-3-15-14(16)11-20-21-15/h1-4,9-12H,5-8H2,(H,20,21). The van der Waals surface area contributed by atoms with E-state index in [1.54, 1.807) is 12.4 Å². The summed E-state index contributed by atoms with van der Waals surface area (Å²) in [4.78, 5) is 22.6. The van der Waals surface area contributed by atoms with Crippen LogP contribution in [0.5, 0.6) is 0 Å². The maximum absolute atomic E-state index is 11.6. The number of ketones is 1. The molecule has 23 heavy (non-hydrogen) atoms. The largest absolute Gasteiger partial charge is 0.307 e. The molecule has 2 aromatic heterocycles. The predicted octanol–water partition coefficient (Wildman–Crippen LogP) is 3.00. The average Bonchev–Trinajstić information content (AvgIpc) is 3.07. The minimum atomic E-state index is 0.218. The Morgan fingerprint density at radius 2 is 1.87 bits per heavy atom. The number of carbonyl (C=O) groups excluding carboxylic acids is 1. The van der Waals surface area contributed by atoms with E-state index >= 15 is 0 Å². The van der Waals surface area contributed by atoms with Gasteiger partial charge in [0.15, 0.2) is 0 Å². The fraction of sp³-hybridized carbons (Fsp3) is 0.294. The number of aromatic amines is 1. The van der Waals surface area contributed by atoms with Crippen molar-refractivity contribution in [1.82, 2.24) is 20.2 Å². The molecule has 0 atom stereocenters. The van der Waals surface area contributed by atoms with Gasteiger partial charge in [-0.3, -0.25) is 9.89 Å². The predicted molar refractivity (Wildman–Crippen MR) is 87.5 cm³/mol. The zero-order chi connectivity index (χ0) is 15.6. The number of hydrogen-bond acceptors (Lipinski definition) is 5. The first kappa shape index (κ1) is 13.9. The van der Waals surface area contributed by atoms with Gasteiger partial charge in [0.2, 0.25) is 5.95 Å². The molecule has 1 aromatic carbocycles. The van der Waals surface area contributed by atoms with Gasteiger partial charge < -0.3 is 4.90 Å². The number of carbonyl (C=O) groups is 1. The van der Waals surface area contributed by atoms with Gasteiger partial charge in [-0.05, 0) is 31.0 Å². The molecular formula is C17H17N5O. The summed E-state index contributed by atoms with van der Waals surface area (Å²) in [6.07, 6.45) is 8.22. The Hall–Kier alpha value is -2.76. The topological polar surface area (TPSA) is 74.8 Å². The van der Waals surface area contributed by atoms with Crippen molar-refractivity contribution in [3.8, 4) is 0 Å². The molecule has 0 radical (unpaired) electrons. The lowest BCUT2D eigenvalue weighted by molar-refractivity contribution is -0.120. The highest BCUT2D eigenvalue weighted by Gasteiger charge is 2.28. The molecule has 116 valence electrons. The number of rotatable bonds is 3. The van der Waals surface area contributed by atoms with Gasteiger partial charge in [-0.25, -0.2) is 9.97 Å². The number of nitrogens with zero attached hydrogens (tertiary/aromatic N) is 4. The monoisotopic (exact) mass is 307 g/mol. The Kier molecular flexibility index (Phi) is 3.49. The normalized spacial score (nSPS) is 15.9. The Bertz CT molecular complexity index is 819. The SMILES string of the molecule is O=C1CCC(N(c2ncccn2)c2cccc3[nH]ncc23)CC1. The maximum atomic E-state index is 11.6. The first-order chi connectivity index (χ1) is 11.3. The van der Waals surface area contributed by atoms with Crippen molar-refractivity contribution in [2.24, 2.45) is 0 Å². The van der Waals surface area contributed by atoms with Crippen LogP contribution in [-0.4, -0.2) is 32.0 Å².